The van der Waals surface area contributed by atoms with Crippen LogP contribution in [0.4, 0.5) is 5.69 Å². The van der Waals surface area contributed by atoms with Gasteiger partial charge in [0.2, 0.25) is 0 Å². The van der Waals surface area contributed by atoms with Gasteiger partial charge in [0.05, 0.1) is 11.2 Å². The van der Waals surface area contributed by atoms with Crippen LogP contribution in [0.15, 0.2) is 53.0 Å². The second-order valence-corrected chi connectivity index (χ2v) is 5.89. The molecule has 1 heterocycles. The molecule has 0 saturated heterocycles. The summed E-state index contributed by atoms with van der Waals surface area (Å²) in [5.74, 6) is 0. The van der Waals surface area contributed by atoms with Crippen molar-refractivity contribution in [2.45, 2.75) is 13.0 Å². The van der Waals surface area contributed by atoms with Crippen molar-refractivity contribution in [3.8, 4) is 6.07 Å². The van der Waals surface area contributed by atoms with E-state index >= 15 is 0 Å². The lowest BCUT2D eigenvalue weighted by Gasteiger charge is -2.17. The molecule has 0 amide bonds. The maximum Gasteiger partial charge on any atom is 0.186 e. The molecule has 4 nitrogen and oxygen atoms in total. The Hall–Kier alpha value is -2.45. The van der Waals surface area contributed by atoms with Gasteiger partial charge in [0, 0.05) is 15.9 Å². The Bertz CT molecular complexity index is 853. The second-order valence-electron chi connectivity index (χ2n) is 4.97. The molecular formula is C17H13BrN4. The zero-order chi connectivity index (χ0) is 15.5. The Kier molecular flexibility index (Phi) is 4.03. The summed E-state index contributed by atoms with van der Waals surface area (Å²) in [6.45, 7) is 2.06. The predicted octanol–water partition coefficient (Wildman–Crippen LogP) is 4.44. The average molecular weight is 353 g/mol. The van der Waals surface area contributed by atoms with E-state index in [1.807, 2.05) is 48.5 Å². The molecule has 1 N–H and O–H groups in total. The highest BCUT2D eigenvalue weighted by molar-refractivity contribution is 9.10. The second kappa shape index (κ2) is 6.12. The van der Waals surface area contributed by atoms with E-state index in [0.717, 1.165) is 26.6 Å². The molecule has 0 spiro atoms. The van der Waals surface area contributed by atoms with Crippen LogP contribution in [0.25, 0.3) is 10.9 Å². The SMILES string of the molecule is C[C@@H](Nc1c(C#N)nnc2ccccc12)c1ccc(Br)cc1. The minimum atomic E-state index is 0.0489. The largest absolute Gasteiger partial charge is 0.376 e. The smallest absolute Gasteiger partial charge is 0.186 e. The van der Waals surface area contributed by atoms with Crippen molar-refractivity contribution < 1.29 is 0 Å². The first-order chi connectivity index (χ1) is 10.7. The van der Waals surface area contributed by atoms with Gasteiger partial charge in [-0.05, 0) is 30.7 Å². The molecule has 0 unspecified atom stereocenters. The minimum Gasteiger partial charge on any atom is -0.376 e. The monoisotopic (exact) mass is 352 g/mol. The van der Waals surface area contributed by atoms with E-state index in [9.17, 15) is 5.26 Å². The first-order valence-corrected chi connectivity index (χ1v) is 7.66. The van der Waals surface area contributed by atoms with Crippen LogP contribution in [0.2, 0.25) is 0 Å². The summed E-state index contributed by atoms with van der Waals surface area (Å²) in [7, 11) is 0. The number of nitriles is 1. The molecule has 3 aromatic rings. The summed E-state index contributed by atoms with van der Waals surface area (Å²) in [5, 5.41) is 21.7. The van der Waals surface area contributed by atoms with Crippen LogP contribution >= 0.6 is 15.9 Å². The molecule has 1 aromatic heterocycles. The molecule has 0 saturated carbocycles. The van der Waals surface area contributed by atoms with Crippen molar-refractivity contribution in [3.05, 3.63) is 64.3 Å². The minimum absolute atomic E-state index is 0.0489. The van der Waals surface area contributed by atoms with Gasteiger partial charge >= 0.3 is 0 Å². The fourth-order valence-corrected chi connectivity index (χ4v) is 2.59. The van der Waals surface area contributed by atoms with Gasteiger partial charge in [-0.2, -0.15) is 5.26 Å². The fourth-order valence-electron chi connectivity index (χ4n) is 2.33. The van der Waals surface area contributed by atoms with Crippen LogP contribution in [0, 0.1) is 11.3 Å². The van der Waals surface area contributed by atoms with Crippen LogP contribution in [0.5, 0.6) is 0 Å². The van der Waals surface area contributed by atoms with E-state index < -0.39 is 0 Å². The van der Waals surface area contributed by atoms with Gasteiger partial charge in [0.25, 0.3) is 0 Å². The van der Waals surface area contributed by atoms with Crippen LogP contribution in [0.3, 0.4) is 0 Å². The van der Waals surface area contributed by atoms with Gasteiger partial charge < -0.3 is 5.32 Å². The van der Waals surface area contributed by atoms with E-state index in [4.69, 9.17) is 0 Å². The molecule has 1 atom stereocenters. The highest BCUT2D eigenvalue weighted by Gasteiger charge is 2.13. The summed E-state index contributed by atoms with van der Waals surface area (Å²) in [6.07, 6.45) is 0. The van der Waals surface area contributed by atoms with Crippen molar-refractivity contribution in [2.75, 3.05) is 5.32 Å². The van der Waals surface area contributed by atoms with Crippen molar-refractivity contribution in [1.29, 1.82) is 5.26 Å². The Morgan fingerprint density at radius 3 is 2.55 bits per heavy atom. The third-order valence-electron chi connectivity index (χ3n) is 3.50. The van der Waals surface area contributed by atoms with Gasteiger partial charge in [0.15, 0.2) is 5.69 Å². The van der Waals surface area contributed by atoms with Crippen LogP contribution < -0.4 is 5.32 Å². The van der Waals surface area contributed by atoms with E-state index in [-0.39, 0.29) is 6.04 Å². The van der Waals surface area contributed by atoms with Gasteiger partial charge in [0.1, 0.15) is 6.07 Å². The van der Waals surface area contributed by atoms with Crippen molar-refractivity contribution in [3.63, 3.8) is 0 Å². The average Bonchev–Trinajstić information content (AvgIpc) is 2.55. The van der Waals surface area contributed by atoms with Gasteiger partial charge in [-0.1, -0.05) is 46.3 Å². The normalized spacial score (nSPS) is 11.9. The number of fused-ring (bicyclic) bond motifs is 1. The Morgan fingerprint density at radius 1 is 1.09 bits per heavy atom. The highest BCUT2D eigenvalue weighted by Crippen LogP contribution is 2.28. The number of anilines is 1. The Morgan fingerprint density at radius 2 is 1.82 bits per heavy atom. The Balaban J connectivity index is 2.02. The first kappa shape index (κ1) is 14.5. The molecule has 0 bridgehead atoms. The van der Waals surface area contributed by atoms with Crippen LogP contribution in [-0.2, 0) is 0 Å². The lowest BCUT2D eigenvalue weighted by atomic mass is 10.1. The molecule has 108 valence electrons. The molecule has 22 heavy (non-hydrogen) atoms. The molecule has 0 aliphatic heterocycles. The topological polar surface area (TPSA) is 61.6 Å². The predicted molar refractivity (Wildman–Crippen MR) is 90.4 cm³/mol. The van der Waals surface area contributed by atoms with E-state index in [1.54, 1.807) is 0 Å². The van der Waals surface area contributed by atoms with Crippen molar-refractivity contribution in [2.24, 2.45) is 0 Å². The molecule has 0 aliphatic rings. The van der Waals surface area contributed by atoms with Gasteiger partial charge in [-0.3, -0.25) is 0 Å². The maximum atomic E-state index is 9.30. The number of nitrogens with one attached hydrogen (secondary N) is 1. The Labute approximate surface area is 136 Å². The van der Waals surface area contributed by atoms with Crippen LogP contribution in [0.1, 0.15) is 24.2 Å². The molecule has 0 radical (unpaired) electrons. The molecule has 5 heteroatoms. The zero-order valence-corrected chi connectivity index (χ0v) is 13.5. The van der Waals surface area contributed by atoms with E-state index in [1.165, 1.54) is 0 Å². The standard InChI is InChI=1S/C17H13BrN4/c1-11(12-6-8-13(18)9-7-12)20-17-14-4-2-3-5-15(14)21-22-16(17)10-19/h2-9,11H,1H3,(H,20,21)/t11-/m1/s1. The zero-order valence-electron chi connectivity index (χ0n) is 11.9. The molecule has 3 rings (SSSR count). The molecule has 2 aromatic carbocycles. The number of nitrogens with zero attached hydrogens (tertiary/aromatic N) is 3. The summed E-state index contributed by atoms with van der Waals surface area (Å²) in [5.41, 5.74) is 2.94. The molecular weight excluding hydrogens is 340 g/mol. The van der Waals surface area contributed by atoms with Gasteiger partial charge in [-0.25, -0.2) is 0 Å². The van der Waals surface area contributed by atoms with Crippen molar-refractivity contribution in [1.82, 2.24) is 10.2 Å². The van der Waals surface area contributed by atoms with Crippen molar-refractivity contribution >= 4 is 32.5 Å². The molecule has 0 aliphatic carbocycles. The third kappa shape index (κ3) is 2.78. The van der Waals surface area contributed by atoms with E-state index in [0.29, 0.717) is 5.69 Å². The van der Waals surface area contributed by atoms with Crippen LogP contribution in [-0.4, -0.2) is 10.2 Å². The summed E-state index contributed by atoms with van der Waals surface area (Å²) < 4.78 is 1.04. The number of hydrogen-bond donors (Lipinski definition) is 1. The lowest BCUT2D eigenvalue weighted by molar-refractivity contribution is 0.880. The number of hydrogen-bond acceptors (Lipinski definition) is 4. The number of benzene rings is 2. The molecule has 0 fully saturated rings. The summed E-state index contributed by atoms with van der Waals surface area (Å²) in [6, 6.07) is 17.9. The highest BCUT2D eigenvalue weighted by atomic mass is 79.9. The number of halogens is 1. The number of rotatable bonds is 3. The quantitative estimate of drug-likeness (QED) is 0.756. The third-order valence-corrected chi connectivity index (χ3v) is 4.03. The van der Waals surface area contributed by atoms with Gasteiger partial charge in [-0.15, -0.1) is 10.2 Å². The maximum absolute atomic E-state index is 9.30. The summed E-state index contributed by atoms with van der Waals surface area (Å²) >= 11 is 3.44. The lowest BCUT2D eigenvalue weighted by Crippen LogP contribution is -2.09. The summed E-state index contributed by atoms with van der Waals surface area (Å²) in [4.78, 5) is 0. The number of aromatic nitrogens is 2. The van der Waals surface area contributed by atoms with E-state index in [2.05, 4.69) is 44.4 Å². The fraction of sp³-hybridized carbons (Fsp3) is 0.118. The first-order valence-electron chi connectivity index (χ1n) is 6.86.